The zero-order valence-electron chi connectivity index (χ0n) is 13.1. The summed E-state index contributed by atoms with van der Waals surface area (Å²) in [7, 11) is 1.54. The highest BCUT2D eigenvalue weighted by Gasteiger charge is 2.05. The Labute approximate surface area is 139 Å². The van der Waals surface area contributed by atoms with Crippen molar-refractivity contribution in [3.8, 4) is 0 Å². The maximum absolute atomic E-state index is 12.0. The first-order valence-electron chi connectivity index (χ1n) is 7.15. The Bertz CT molecular complexity index is 686. The Morgan fingerprint density at radius 2 is 1.65 bits per heavy atom. The van der Waals surface area contributed by atoms with E-state index in [0.29, 0.717) is 17.1 Å². The van der Waals surface area contributed by atoms with E-state index in [0.717, 1.165) is 4.90 Å². The fraction of sp³-hybridized carbons (Fsp3) is 0.176. The van der Waals surface area contributed by atoms with E-state index in [-0.39, 0.29) is 11.9 Å². The Morgan fingerprint density at radius 3 is 2.30 bits per heavy atom. The molecule has 5 nitrogen and oxygen atoms in total. The predicted octanol–water partition coefficient (Wildman–Crippen LogP) is 3.48. The third kappa shape index (κ3) is 5.67. The van der Waals surface area contributed by atoms with Crippen molar-refractivity contribution in [2.75, 3.05) is 23.4 Å². The number of nitrogens with one attached hydrogen (secondary N) is 3. The number of benzene rings is 2. The monoisotopic (exact) mass is 329 g/mol. The first kappa shape index (κ1) is 16.9. The van der Waals surface area contributed by atoms with Gasteiger partial charge in [0.25, 0.3) is 0 Å². The molecule has 0 atom stereocenters. The molecule has 0 fully saturated rings. The van der Waals surface area contributed by atoms with Crippen LogP contribution >= 0.6 is 11.8 Å². The second kappa shape index (κ2) is 8.24. The lowest BCUT2D eigenvalue weighted by Crippen LogP contribution is -2.24. The number of aryl methyl sites for hydroxylation is 1. The molecule has 23 heavy (non-hydrogen) atoms. The van der Waals surface area contributed by atoms with E-state index >= 15 is 0 Å². The molecule has 2 aromatic carbocycles. The van der Waals surface area contributed by atoms with Gasteiger partial charge in [-0.25, -0.2) is 4.79 Å². The third-order valence-corrected chi connectivity index (χ3v) is 4.03. The quantitative estimate of drug-likeness (QED) is 0.736. The molecule has 0 spiro atoms. The summed E-state index contributed by atoms with van der Waals surface area (Å²) in [5.74, 6) is 0.239. The summed E-state index contributed by atoms with van der Waals surface area (Å²) >= 11 is 1.48. The number of hydrogen-bond acceptors (Lipinski definition) is 3. The molecule has 0 aliphatic carbocycles. The second-order valence-electron chi connectivity index (χ2n) is 4.93. The van der Waals surface area contributed by atoms with Gasteiger partial charge in [-0.15, -0.1) is 11.8 Å². The van der Waals surface area contributed by atoms with E-state index in [1.807, 2.05) is 31.2 Å². The summed E-state index contributed by atoms with van der Waals surface area (Å²) in [4.78, 5) is 24.4. The summed E-state index contributed by atoms with van der Waals surface area (Å²) in [5.41, 5.74) is 2.46. The van der Waals surface area contributed by atoms with E-state index in [4.69, 9.17) is 0 Å². The van der Waals surface area contributed by atoms with Crippen molar-refractivity contribution in [3.63, 3.8) is 0 Å². The molecule has 0 aliphatic heterocycles. The molecule has 0 unspecified atom stereocenters. The normalized spacial score (nSPS) is 10.0. The minimum atomic E-state index is -0.302. The van der Waals surface area contributed by atoms with Gasteiger partial charge in [-0.05, 0) is 37.3 Å². The summed E-state index contributed by atoms with van der Waals surface area (Å²) in [5, 5.41) is 7.96. The highest BCUT2D eigenvalue weighted by molar-refractivity contribution is 8.00. The van der Waals surface area contributed by atoms with Gasteiger partial charge in [-0.3, -0.25) is 4.79 Å². The molecule has 6 heteroatoms. The fourth-order valence-electron chi connectivity index (χ4n) is 1.85. The molecule has 0 radical (unpaired) electrons. The number of hydrogen-bond donors (Lipinski definition) is 3. The van der Waals surface area contributed by atoms with E-state index in [9.17, 15) is 9.59 Å². The summed E-state index contributed by atoms with van der Waals surface area (Å²) in [6, 6.07) is 14.8. The average molecular weight is 329 g/mol. The highest BCUT2D eigenvalue weighted by Crippen LogP contribution is 2.19. The van der Waals surface area contributed by atoms with Gasteiger partial charge in [0.05, 0.1) is 5.75 Å². The Morgan fingerprint density at radius 1 is 1.00 bits per heavy atom. The van der Waals surface area contributed by atoms with E-state index < -0.39 is 0 Å². The maximum Gasteiger partial charge on any atom is 0.318 e. The van der Waals surface area contributed by atoms with Gasteiger partial charge >= 0.3 is 6.03 Å². The largest absolute Gasteiger partial charge is 0.341 e. The van der Waals surface area contributed by atoms with Crippen LogP contribution in [0.4, 0.5) is 16.2 Å². The summed E-state index contributed by atoms with van der Waals surface area (Å²) < 4.78 is 0. The Hall–Kier alpha value is -2.47. The van der Waals surface area contributed by atoms with Crippen LogP contribution in [0.3, 0.4) is 0 Å². The minimum absolute atomic E-state index is 0.0901. The van der Waals surface area contributed by atoms with Crippen LogP contribution in [-0.2, 0) is 4.79 Å². The molecule has 3 N–H and O–H groups in total. The molecule has 0 aromatic heterocycles. The SMILES string of the molecule is CNC(=O)Nc1cccc(NC(=O)CSc2ccc(C)cc2)c1. The maximum atomic E-state index is 12.0. The number of anilines is 2. The van der Waals surface area contributed by atoms with Gasteiger partial charge in [-0.1, -0.05) is 23.8 Å². The van der Waals surface area contributed by atoms with Crippen molar-refractivity contribution in [2.24, 2.45) is 0 Å². The molecule has 0 saturated heterocycles. The van der Waals surface area contributed by atoms with Crippen molar-refractivity contribution in [2.45, 2.75) is 11.8 Å². The second-order valence-corrected chi connectivity index (χ2v) is 5.98. The van der Waals surface area contributed by atoms with Crippen LogP contribution in [0, 0.1) is 6.92 Å². The standard InChI is InChI=1S/C17H19N3O2S/c1-12-6-8-15(9-7-12)23-11-16(21)19-13-4-3-5-14(10-13)20-17(22)18-2/h3-10H,11H2,1-2H3,(H,19,21)(H2,18,20,22). The van der Waals surface area contributed by atoms with Crippen LogP contribution in [-0.4, -0.2) is 24.7 Å². The molecule has 120 valence electrons. The first-order chi connectivity index (χ1) is 11.1. The van der Waals surface area contributed by atoms with Crippen LogP contribution in [0.5, 0.6) is 0 Å². The summed E-state index contributed by atoms with van der Waals surface area (Å²) in [6.07, 6.45) is 0. The zero-order valence-corrected chi connectivity index (χ0v) is 13.9. The van der Waals surface area contributed by atoms with Gasteiger partial charge in [0, 0.05) is 23.3 Å². The molecule has 0 bridgehead atoms. The lowest BCUT2D eigenvalue weighted by molar-refractivity contribution is -0.113. The topological polar surface area (TPSA) is 70.2 Å². The Balaban J connectivity index is 1.88. The first-order valence-corrected chi connectivity index (χ1v) is 8.13. The van der Waals surface area contributed by atoms with E-state index in [2.05, 4.69) is 16.0 Å². The highest BCUT2D eigenvalue weighted by atomic mass is 32.2. The van der Waals surface area contributed by atoms with Crippen molar-refractivity contribution >= 4 is 35.1 Å². The van der Waals surface area contributed by atoms with Crippen LogP contribution in [0.25, 0.3) is 0 Å². The number of urea groups is 1. The smallest absolute Gasteiger partial charge is 0.318 e. The van der Waals surface area contributed by atoms with E-state index in [1.54, 1.807) is 31.3 Å². The van der Waals surface area contributed by atoms with Crippen LogP contribution in [0.15, 0.2) is 53.4 Å². The number of rotatable bonds is 5. The fourth-order valence-corrected chi connectivity index (χ4v) is 2.55. The molecule has 3 amide bonds. The van der Waals surface area contributed by atoms with Gasteiger partial charge in [-0.2, -0.15) is 0 Å². The predicted molar refractivity (Wildman–Crippen MR) is 95.1 cm³/mol. The molecule has 2 rings (SSSR count). The average Bonchev–Trinajstić information content (AvgIpc) is 2.54. The number of carbonyl (C=O) groups is 2. The lowest BCUT2D eigenvalue weighted by atomic mass is 10.2. The van der Waals surface area contributed by atoms with Gasteiger partial charge in [0.1, 0.15) is 0 Å². The molecule has 0 saturated carbocycles. The molecule has 0 aliphatic rings. The molecule has 2 aromatic rings. The minimum Gasteiger partial charge on any atom is -0.341 e. The number of amides is 3. The van der Waals surface area contributed by atoms with Gasteiger partial charge < -0.3 is 16.0 Å². The lowest BCUT2D eigenvalue weighted by Gasteiger charge is -2.08. The number of thioether (sulfide) groups is 1. The van der Waals surface area contributed by atoms with Crippen LogP contribution < -0.4 is 16.0 Å². The van der Waals surface area contributed by atoms with Crippen molar-refractivity contribution in [3.05, 3.63) is 54.1 Å². The van der Waals surface area contributed by atoms with Crippen LogP contribution in [0.1, 0.15) is 5.56 Å². The van der Waals surface area contributed by atoms with E-state index in [1.165, 1.54) is 17.3 Å². The van der Waals surface area contributed by atoms with Crippen molar-refractivity contribution in [1.82, 2.24) is 5.32 Å². The van der Waals surface area contributed by atoms with Crippen molar-refractivity contribution < 1.29 is 9.59 Å². The zero-order chi connectivity index (χ0) is 16.7. The molecular formula is C17H19N3O2S. The van der Waals surface area contributed by atoms with Crippen molar-refractivity contribution in [1.29, 1.82) is 0 Å². The third-order valence-electron chi connectivity index (χ3n) is 3.02. The van der Waals surface area contributed by atoms with Crippen LogP contribution in [0.2, 0.25) is 0 Å². The van der Waals surface area contributed by atoms with Gasteiger partial charge in [0.15, 0.2) is 0 Å². The van der Waals surface area contributed by atoms with Gasteiger partial charge in [0.2, 0.25) is 5.91 Å². The molecular weight excluding hydrogens is 310 g/mol. The molecule has 0 heterocycles. The summed E-state index contributed by atoms with van der Waals surface area (Å²) in [6.45, 7) is 2.03. The number of carbonyl (C=O) groups excluding carboxylic acids is 2. The Kier molecular flexibility index (Phi) is 6.05.